The molecule has 1 fully saturated rings. The van der Waals surface area contributed by atoms with Gasteiger partial charge in [0.05, 0.1) is 25.4 Å². The van der Waals surface area contributed by atoms with E-state index in [1.165, 1.54) is 0 Å². The Morgan fingerprint density at radius 3 is 2.39 bits per heavy atom. The molecule has 2 aromatic rings. The molecule has 2 aromatic carbocycles. The number of para-hydroxylation sites is 3. The van der Waals surface area contributed by atoms with Crippen molar-refractivity contribution in [2.24, 2.45) is 0 Å². The number of amides is 2. The molecule has 1 saturated heterocycles. The lowest BCUT2D eigenvalue weighted by atomic mass is 10.1. The lowest BCUT2D eigenvalue weighted by Gasteiger charge is -2.36. The van der Waals surface area contributed by atoms with Crippen molar-refractivity contribution in [3.8, 4) is 5.75 Å². The van der Waals surface area contributed by atoms with Crippen LogP contribution in [0.3, 0.4) is 0 Å². The second-order valence-electron chi connectivity index (χ2n) is 7.50. The summed E-state index contributed by atoms with van der Waals surface area (Å²) in [6.45, 7) is 8.14. The van der Waals surface area contributed by atoms with Crippen LogP contribution in [0.5, 0.6) is 5.75 Å². The molecule has 7 nitrogen and oxygen atoms in total. The number of nitrogens with zero attached hydrogens (tertiary/aromatic N) is 2. The number of hydrogen-bond donors (Lipinski definition) is 2. The third-order valence-electron chi connectivity index (χ3n) is 5.36. The van der Waals surface area contributed by atoms with Crippen LogP contribution in [0.25, 0.3) is 0 Å². The molecule has 1 aliphatic heterocycles. The molecule has 166 valence electrons. The van der Waals surface area contributed by atoms with Crippen molar-refractivity contribution in [1.82, 2.24) is 10.2 Å². The van der Waals surface area contributed by atoms with Gasteiger partial charge in [-0.2, -0.15) is 0 Å². The molecule has 0 unspecified atom stereocenters. The van der Waals surface area contributed by atoms with E-state index in [-0.39, 0.29) is 18.4 Å². The molecule has 2 N–H and O–H groups in total. The van der Waals surface area contributed by atoms with E-state index in [9.17, 15) is 9.59 Å². The van der Waals surface area contributed by atoms with Gasteiger partial charge in [0.25, 0.3) is 0 Å². The molecule has 1 aliphatic rings. The summed E-state index contributed by atoms with van der Waals surface area (Å²) in [5, 5.41) is 5.60. The Balaban J connectivity index is 1.41. The molecule has 0 aromatic heterocycles. The lowest BCUT2D eigenvalue weighted by Crippen LogP contribution is -2.50. The molecule has 0 radical (unpaired) electrons. The molecule has 0 atom stereocenters. The fraction of sp³-hybridized carbons (Fsp3) is 0.417. The van der Waals surface area contributed by atoms with Gasteiger partial charge in [0.2, 0.25) is 11.8 Å². The largest absolute Gasteiger partial charge is 0.492 e. The van der Waals surface area contributed by atoms with Crippen LogP contribution in [0.4, 0.5) is 11.4 Å². The number of nitrogens with one attached hydrogen (secondary N) is 2. The normalized spacial score (nSPS) is 14.2. The first-order valence-electron chi connectivity index (χ1n) is 10.9. The van der Waals surface area contributed by atoms with Crippen molar-refractivity contribution in [2.45, 2.75) is 20.3 Å². The van der Waals surface area contributed by atoms with Crippen molar-refractivity contribution in [2.75, 3.05) is 56.1 Å². The van der Waals surface area contributed by atoms with E-state index in [2.05, 4.69) is 26.5 Å². The van der Waals surface area contributed by atoms with E-state index >= 15 is 0 Å². The van der Waals surface area contributed by atoms with Crippen LogP contribution in [0.2, 0.25) is 0 Å². The molecule has 31 heavy (non-hydrogen) atoms. The Morgan fingerprint density at radius 1 is 0.935 bits per heavy atom. The monoisotopic (exact) mass is 424 g/mol. The van der Waals surface area contributed by atoms with Crippen LogP contribution >= 0.6 is 0 Å². The van der Waals surface area contributed by atoms with E-state index in [0.29, 0.717) is 13.2 Å². The SMILES string of the molecule is CCOc1ccccc1N1CCN(CC(=O)NCC(=O)Nc2ccccc2CC)CC1. The minimum atomic E-state index is -0.216. The van der Waals surface area contributed by atoms with E-state index < -0.39 is 0 Å². The molecular weight excluding hydrogens is 392 g/mol. The van der Waals surface area contributed by atoms with Gasteiger partial charge in [-0.05, 0) is 37.1 Å². The Hall–Kier alpha value is -3.06. The summed E-state index contributed by atoms with van der Waals surface area (Å²) in [5.41, 5.74) is 2.97. The summed E-state index contributed by atoms with van der Waals surface area (Å²) >= 11 is 0. The Bertz CT molecular complexity index is 879. The highest BCUT2D eigenvalue weighted by molar-refractivity contribution is 5.95. The summed E-state index contributed by atoms with van der Waals surface area (Å²) in [4.78, 5) is 28.9. The first kappa shape index (κ1) is 22.6. The number of piperazine rings is 1. The van der Waals surface area contributed by atoms with Crippen molar-refractivity contribution >= 4 is 23.2 Å². The van der Waals surface area contributed by atoms with E-state index in [1.54, 1.807) is 0 Å². The van der Waals surface area contributed by atoms with Gasteiger partial charge in [-0.25, -0.2) is 0 Å². The number of aryl methyl sites for hydroxylation is 1. The second kappa shape index (κ2) is 11.4. The standard InChI is InChI=1S/C24H32N4O3/c1-3-19-9-5-6-10-20(19)26-23(29)17-25-24(30)18-27-13-15-28(16-14-27)21-11-7-8-12-22(21)31-4-2/h5-12H,3-4,13-18H2,1-2H3,(H,25,30)(H,26,29). The fourth-order valence-corrected chi connectivity index (χ4v) is 3.73. The van der Waals surface area contributed by atoms with Crippen LogP contribution < -0.4 is 20.3 Å². The third kappa shape index (κ3) is 6.46. The maximum Gasteiger partial charge on any atom is 0.243 e. The molecule has 3 rings (SSSR count). The first-order valence-corrected chi connectivity index (χ1v) is 10.9. The highest BCUT2D eigenvalue weighted by Gasteiger charge is 2.21. The zero-order chi connectivity index (χ0) is 22.1. The van der Waals surface area contributed by atoms with Crippen molar-refractivity contribution in [3.05, 3.63) is 54.1 Å². The number of hydrogen-bond acceptors (Lipinski definition) is 5. The predicted molar refractivity (Wildman–Crippen MR) is 124 cm³/mol. The van der Waals surface area contributed by atoms with Crippen LogP contribution in [0.1, 0.15) is 19.4 Å². The molecular formula is C24H32N4O3. The summed E-state index contributed by atoms with van der Waals surface area (Å²) in [5.74, 6) is 0.542. The van der Waals surface area contributed by atoms with Crippen LogP contribution in [-0.4, -0.2) is 62.6 Å². The lowest BCUT2D eigenvalue weighted by molar-refractivity contribution is -0.125. The summed E-state index contributed by atoms with van der Waals surface area (Å²) < 4.78 is 5.74. The highest BCUT2D eigenvalue weighted by atomic mass is 16.5. The van der Waals surface area contributed by atoms with Gasteiger partial charge < -0.3 is 20.3 Å². The van der Waals surface area contributed by atoms with Crippen LogP contribution in [0.15, 0.2) is 48.5 Å². The molecule has 2 amide bonds. The maximum atomic E-state index is 12.3. The van der Waals surface area contributed by atoms with Gasteiger partial charge in [-0.15, -0.1) is 0 Å². The number of anilines is 2. The average Bonchev–Trinajstić information content (AvgIpc) is 2.79. The van der Waals surface area contributed by atoms with E-state index in [1.807, 2.05) is 56.3 Å². The van der Waals surface area contributed by atoms with Crippen molar-refractivity contribution in [1.29, 1.82) is 0 Å². The molecule has 7 heteroatoms. The summed E-state index contributed by atoms with van der Waals surface area (Å²) in [6, 6.07) is 15.8. The number of carbonyl (C=O) groups excluding carboxylic acids is 2. The van der Waals surface area contributed by atoms with Crippen molar-refractivity contribution < 1.29 is 14.3 Å². The quantitative estimate of drug-likeness (QED) is 0.647. The summed E-state index contributed by atoms with van der Waals surface area (Å²) in [7, 11) is 0. The fourth-order valence-electron chi connectivity index (χ4n) is 3.73. The topological polar surface area (TPSA) is 73.9 Å². The molecule has 0 bridgehead atoms. The second-order valence-corrected chi connectivity index (χ2v) is 7.50. The third-order valence-corrected chi connectivity index (χ3v) is 5.36. The molecule has 0 aliphatic carbocycles. The van der Waals surface area contributed by atoms with Gasteiger partial charge in [-0.1, -0.05) is 37.3 Å². The smallest absolute Gasteiger partial charge is 0.243 e. The van der Waals surface area contributed by atoms with Crippen LogP contribution in [-0.2, 0) is 16.0 Å². The predicted octanol–water partition coefficient (Wildman–Crippen LogP) is 2.52. The number of ether oxygens (including phenoxy) is 1. The molecule has 1 heterocycles. The average molecular weight is 425 g/mol. The van der Waals surface area contributed by atoms with E-state index in [0.717, 1.165) is 55.3 Å². The Morgan fingerprint density at radius 2 is 1.65 bits per heavy atom. The van der Waals surface area contributed by atoms with Gasteiger partial charge >= 0.3 is 0 Å². The van der Waals surface area contributed by atoms with Gasteiger partial charge in [0.1, 0.15) is 5.75 Å². The zero-order valence-corrected chi connectivity index (χ0v) is 18.4. The van der Waals surface area contributed by atoms with Crippen LogP contribution in [0, 0.1) is 0 Å². The number of carbonyl (C=O) groups is 2. The Labute approximate surface area is 184 Å². The number of rotatable bonds is 9. The van der Waals surface area contributed by atoms with Gasteiger partial charge in [0, 0.05) is 31.9 Å². The molecule has 0 spiro atoms. The Kier molecular flexibility index (Phi) is 8.29. The highest BCUT2D eigenvalue weighted by Crippen LogP contribution is 2.28. The number of benzene rings is 2. The zero-order valence-electron chi connectivity index (χ0n) is 18.4. The summed E-state index contributed by atoms with van der Waals surface area (Å²) in [6.07, 6.45) is 0.837. The van der Waals surface area contributed by atoms with E-state index in [4.69, 9.17) is 4.74 Å². The minimum absolute atomic E-state index is 0.0292. The van der Waals surface area contributed by atoms with Gasteiger partial charge in [-0.3, -0.25) is 14.5 Å². The van der Waals surface area contributed by atoms with Gasteiger partial charge in [0.15, 0.2) is 0 Å². The van der Waals surface area contributed by atoms with Crippen molar-refractivity contribution in [3.63, 3.8) is 0 Å². The minimum Gasteiger partial charge on any atom is -0.492 e. The molecule has 0 saturated carbocycles. The first-order chi connectivity index (χ1) is 15.1. The maximum absolute atomic E-state index is 12.3.